The smallest absolute Gasteiger partial charge is 0.312 e. The number of carbonyl (C=O) groups is 3. The number of hydrazine groups is 1. The lowest BCUT2D eigenvalue weighted by molar-refractivity contribution is -0.122. The highest BCUT2D eigenvalue weighted by Gasteiger charge is 2.18. The van der Waals surface area contributed by atoms with Crippen molar-refractivity contribution in [3.05, 3.63) is 70.2 Å². The molecule has 0 unspecified atom stereocenters. The molecule has 0 aliphatic carbocycles. The van der Waals surface area contributed by atoms with Crippen LogP contribution in [0.2, 0.25) is 0 Å². The lowest BCUT2D eigenvalue weighted by Gasteiger charge is -2.18. The first-order valence-electron chi connectivity index (χ1n) is 7.42. The van der Waals surface area contributed by atoms with Gasteiger partial charge in [-0.05, 0) is 33.6 Å². The van der Waals surface area contributed by atoms with Crippen LogP contribution >= 0.6 is 15.9 Å². The molecule has 0 bridgehead atoms. The molecular weight excluding hydrogens is 388 g/mol. The average Bonchev–Trinajstić information content (AvgIpc) is 2.60. The quantitative estimate of drug-likeness (QED) is 0.571. The Morgan fingerprint density at radius 1 is 0.960 bits per heavy atom. The maximum atomic E-state index is 12.1. The number of carbonyl (C=O) groups excluding carboxylic acids is 3. The van der Waals surface area contributed by atoms with Crippen LogP contribution in [0.15, 0.2) is 59.1 Å². The van der Waals surface area contributed by atoms with Gasteiger partial charge in [-0.1, -0.05) is 42.5 Å². The van der Waals surface area contributed by atoms with E-state index in [1.807, 2.05) is 6.07 Å². The van der Waals surface area contributed by atoms with Gasteiger partial charge in [0, 0.05) is 4.47 Å². The monoisotopic (exact) mass is 404 g/mol. The first-order valence-corrected chi connectivity index (χ1v) is 8.21. The summed E-state index contributed by atoms with van der Waals surface area (Å²) in [7, 11) is 0. The van der Waals surface area contributed by atoms with E-state index in [1.165, 1.54) is 0 Å². The SMILES string of the molecule is NC(=O)N[C@@H](CC(=O)NNC(=O)c1ccccc1Br)c1ccccc1. The third-order valence-corrected chi connectivity index (χ3v) is 4.03. The number of halogens is 1. The summed E-state index contributed by atoms with van der Waals surface area (Å²) >= 11 is 3.27. The molecule has 0 spiro atoms. The van der Waals surface area contributed by atoms with Crippen molar-refractivity contribution in [3.8, 4) is 0 Å². The van der Waals surface area contributed by atoms with Crippen LogP contribution in [-0.2, 0) is 4.79 Å². The molecule has 2 aromatic rings. The Kier molecular flexibility index (Phi) is 6.53. The first kappa shape index (κ1) is 18.5. The van der Waals surface area contributed by atoms with Crippen LogP contribution in [0.4, 0.5) is 4.79 Å². The number of benzene rings is 2. The number of amides is 4. The summed E-state index contributed by atoms with van der Waals surface area (Å²) < 4.78 is 0.610. The van der Waals surface area contributed by atoms with E-state index in [0.717, 1.165) is 5.56 Å². The summed E-state index contributed by atoms with van der Waals surface area (Å²) in [6.45, 7) is 0. The minimum absolute atomic E-state index is 0.0802. The van der Waals surface area contributed by atoms with E-state index < -0.39 is 23.9 Å². The molecule has 0 heterocycles. The van der Waals surface area contributed by atoms with Crippen LogP contribution in [0.1, 0.15) is 28.4 Å². The lowest BCUT2D eigenvalue weighted by Crippen LogP contribution is -2.44. The molecule has 0 aliphatic rings. The number of nitrogens with two attached hydrogens (primary N) is 1. The Balaban J connectivity index is 1.96. The Bertz CT molecular complexity index is 767. The zero-order chi connectivity index (χ0) is 18.2. The van der Waals surface area contributed by atoms with Crippen LogP contribution in [0, 0.1) is 0 Å². The second-order valence-corrected chi connectivity index (χ2v) is 6.01. The molecule has 0 radical (unpaired) electrons. The molecule has 0 aromatic heterocycles. The van der Waals surface area contributed by atoms with Crippen molar-refractivity contribution in [2.45, 2.75) is 12.5 Å². The number of nitrogens with one attached hydrogen (secondary N) is 3. The van der Waals surface area contributed by atoms with Gasteiger partial charge in [0.2, 0.25) is 5.91 Å². The molecule has 0 saturated carbocycles. The van der Waals surface area contributed by atoms with Crippen molar-refractivity contribution in [3.63, 3.8) is 0 Å². The maximum Gasteiger partial charge on any atom is 0.312 e. The van der Waals surface area contributed by atoms with Gasteiger partial charge in [-0.15, -0.1) is 0 Å². The number of urea groups is 1. The Morgan fingerprint density at radius 3 is 2.24 bits per heavy atom. The van der Waals surface area contributed by atoms with Crippen molar-refractivity contribution < 1.29 is 14.4 Å². The van der Waals surface area contributed by atoms with E-state index in [1.54, 1.807) is 48.5 Å². The van der Waals surface area contributed by atoms with Gasteiger partial charge in [0.15, 0.2) is 0 Å². The minimum Gasteiger partial charge on any atom is -0.352 e. The van der Waals surface area contributed by atoms with E-state index in [9.17, 15) is 14.4 Å². The predicted molar refractivity (Wildman–Crippen MR) is 96.3 cm³/mol. The van der Waals surface area contributed by atoms with Crippen LogP contribution in [-0.4, -0.2) is 17.8 Å². The predicted octanol–water partition coefficient (Wildman–Crippen LogP) is 2.01. The molecule has 4 amide bonds. The van der Waals surface area contributed by atoms with Crippen LogP contribution in [0.25, 0.3) is 0 Å². The van der Waals surface area contributed by atoms with Crippen molar-refractivity contribution in [2.75, 3.05) is 0 Å². The van der Waals surface area contributed by atoms with Gasteiger partial charge < -0.3 is 11.1 Å². The first-order chi connectivity index (χ1) is 12.0. The molecule has 0 fully saturated rings. The average molecular weight is 405 g/mol. The van der Waals surface area contributed by atoms with E-state index in [0.29, 0.717) is 10.0 Å². The third kappa shape index (κ3) is 5.61. The molecule has 2 aromatic carbocycles. The van der Waals surface area contributed by atoms with Gasteiger partial charge in [0.25, 0.3) is 5.91 Å². The molecule has 8 heteroatoms. The number of hydrogen-bond acceptors (Lipinski definition) is 3. The molecule has 0 saturated heterocycles. The summed E-state index contributed by atoms with van der Waals surface area (Å²) in [5, 5.41) is 2.51. The number of primary amides is 1. The highest BCUT2D eigenvalue weighted by atomic mass is 79.9. The molecule has 130 valence electrons. The van der Waals surface area contributed by atoms with E-state index in [4.69, 9.17) is 5.73 Å². The largest absolute Gasteiger partial charge is 0.352 e. The van der Waals surface area contributed by atoms with E-state index in [2.05, 4.69) is 32.1 Å². The second kappa shape index (κ2) is 8.84. The highest BCUT2D eigenvalue weighted by Crippen LogP contribution is 2.17. The van der Waals surface area contributed by atoms with Crippen LogP contribution in [0.5, 0.6) is 0 Å². The van der Waals surface area contributed by atoms with Crippen LogP contribution < -0.4 is 21.9 Å². The molecule has 7 nitrogen and oxygen atoms in total. The van der Waals surface area contributed by atoms with Crippen LogP contribution in [0.3, 0.4) is 0 Å². The number of hydrogen-bond donors (Lipinski definition) is 4. The standard InChI is InChI=1S/C17H17BrN4O3/c18-13-9-5-4-8-12(13)16(24)22-21-15(23)10-14(20-17(19)25)11-6-2-1-3-7-11/h1-9,14H,10H2,(H,21,23)(H,22,24)(H3,19,20,25)/t14-/m0/s1. The zero-order valence-electron chi connectivity index (χ0n) is 13.2. The second-order valence-electron chi connectivity index (χ2n) is 5.16. The minimum atomic E-state index is -0.737. The highest BCUT2D eigenvalue weighted by molar-refractivity contribution is 9.10. The summed E-state index contributed by atoms with van der Waals surface area (Å²) in [4.78, 5) is 35.3. The van der Waals surface area contributed by atoms with Gasteiger partial charge in [-0.2, -0.15) is 0 Å². The van der Waals surface area contributed by atoms with Crippen molar-refractivity contribution in [1.29, 1.82) is 0 Å². The number of rotatable bonds is 5. The van der Waals surface area contributed by atoms with Gasteiger partial charge in [0.1, 0.15) is 0 Å². The third-order valence-electron chi connectivity index (χ3n) is 3.34. The molecule has 25 heavy (non-hydrogen) atoms. The fraction of sp³-hybridized carbons (Fsp3) is 0.118. The van der Waals surface area contributed by atoms with Crippen molar-refractivity contribution >= 4 is 33.8 Å². The lowest BCUT2D eigenvalue weighted by atomic mass is 10.0. The fourth-order valence-corrected chi connectivity index (χ4v) is 2.65. The summed E-state index contributed by atoms with van der Waals surface area (Å²) in [6.07, 6.45) is -0.0802. The van der Waals surface area contributed by atoms with E-state index in [-0.39, 0.29) is 6.42 Å². The Morgan fingerprint density at radius 2 is 1.60 bits per heavy atom. The molecule has 5 N–H and O–H groups in total. The van der Waals surface area contributed by atoms with Gasteiger partial charge in [-0.25, -0.2) is 4.79 Å². The van der Waals surface area contributed by atoms with Crippen molar-refractivity contribution in [1.82, 2.24) is 16.2 Å². The van der Waals surface area contributed by atoms with Gasteiger partial charge >= 0.3 is 6.03 Å². The molecule has 2 rings (SSSR count). The maximum absolute atomic E-state index is 12.1. The van der Waals surface area contributed by atoms with E-state index >= 15 is 0 Å². The van der Waals surface area contributed by atoms with Gasteiger partial charge in [-0.3, -0.25) is 20.4 Å². The topological polar surface area (TPSA) is 113 Å². The normalized spacial score (nSPS) is 11.2. The molecular formula is C17H17BrN4O3. The Hall–Kier alpha value is -2.87. The Labute approximate surface area is 153 Å². The summed E-state index contributed by atoms with van der Waals surface area (Å²) in [5.74, 6) is -0.928. The summed E-state index contributed by atoms with van der Waals surface area (Å²) in [6, 6.07) is 14.4. The molecule has 0 aliphatic heterocycles. The molecule has 1 atom stereocenters. The zero-order valence-corrected chi connectivity index (χ0v) is 14.7. The van der Waals surface area contributed by atoms with Crippen molar-refractivity contribution in [2.24, 2.45) is 5.73 Å². The summed E-state index contributed by atoms with van der Waals surface area (Å²) in [5.41, 5.74) is 10.9. The van der Waals surface area contributed by atoms with Gasteiger partial charge in [0.05, 0.1) is 18.0 Å². The fourth-order valence-electron chi connectivity index (χ4n) is 2.18.